The largest absolute Gasteiger partial charge is 0.507 e. The molecule has 1 atom stereocenters. The molecule has 1 amide bonds. The molecule has 1 unspecified atom stereocenters. The van der Waals surface area contributed by atoms with Crippen LogP contribution in [-0.4, -0.2) is 30.5 Å². The Balaban J connectivity index is 1.96. The Bertz CT molecular complexity index is 1370. The molecule has 192 valence electrons. The van der Waals surface area contributed by atoms with Gasteiger partial charge in [0.15, 0.2) is 0 Å². The van der Waals surface area contributed by atoms with Crippen LogP contribution < -0.4 is 14.4 Å². The Kier molecular flexibility index (Phi) is 7.12. The minimum atomic E-state index is -0.830. The van der Waals surface area contributed by atoms with E-state index in [-0.39, 0.29) is 16.7 Å². The van der Waals surface area contributed by atoms with Crippen molar-refractivity contribution in [2.75, 3.05) is 18.6 Å². The van der Waals surface area contributed by atoms with E-state index in [1.54, 1.807) is 19.2 Å². The van der Waals surface area contributed by atoms with Crippen LogP contribution in [-0.2, 0) is 15.0 Å². The standard InChI is InChI=1S/C31H33NO5/c1-7-37-23-10-8-9-20(17-23)27-26(29(34)30(35)32(27)22-14-11-19(2)12-15-22)28(33)21-13-16-25(36-6)24(18-21)31(3,4)5/h8-18,27,33H,7H2,1-6H3/b28-26+. The SMILES string of the molecule is CCOc1cccc(C2/C(=C(\O)c3ccc(OC)c(C(C)(C)C)c3)C(=O)C(=O)N2c2ccc(C)cc2)c1. The quantitative estimate of drug-likeness (QED) is 0.244. The van der Waals surface area contributed by atoms with Crippen molar-refractivity contribution in [1.82, 2.24) is 0 Å². The summed E-state index contributed by atoms with van der Waals surface area (Å²) in [5.74, 6) is -0.355. The summed E-state index contributed by atoms with van der Waals surface area (Å²) in [7, 11) is 1.60. The van der Waals surface area contributed by atoms with Crippen molar-refractivity contribution < 1.29 is 24.2 Å². The van der Waals surface area contributed by atoms with Crippen LogP contribution in [0.3, 0.4) is 0 Å². The summed E-state index contributed by atoms with van der Waals surface area (Å²) in [5, 5.41) is 11.6. The van der Waals surface area contributed by atoms with Crippen molar-refractivity contribution in [3.63, 3.8) is 0 Å². The van der Waals surface area contributed by atoms with Crippen molar-refractivity contribution in [2.24, 2.45) is 0 Å². The topological polar surface area (TPSA) is 76.1 Å². The molecular formula is C31H33NO5. The number of methoxy groups -OCH3 is 1. The van der Waals surface area contributed by atoms with Crippen LogP contribution in [0.25, 0.3) is 5.76 Å². The molecule has 1 fully saturated rings. The lowest BCUT2D eigenvalue weighted by Crippen LogP contribution is -2.29. The fourth-order valence-corrected chi connectivity index (χ4v) is 4.66. The zero-order valence-corrected chi connectivity index (χ0v) is 22.2. The van der Waals surface area contributed by atoms with E-state index in [9.17, 15) is 14.7 Å². The zero-order chi connectivity index (χ0) is 26.9. The number of amides is 1. The Morgan fingerprint density at radius 1 is 1.00 bits per heavy atom. The third kappa shape index (κ3) is 4.96. The number of ether oxygens (including phenoxy) is 2. The van der Waals surface area contributed by atoms with E-state index in [2.05, 4.69) is 0 Å². The van der Waals surface area contributed by atoms with Crippen molar-refractivity contribution in [3.05, 3.63) is 94.6 Å². The highest BCUT2D eigenvalue weighted by molar-refractivity contribution is 6.51. The maximum absolute atomic E-state index is 13.5. The number of aryl methyl sites for hydroxylation is 1. The summed E-state index contributed by atoms with van der Waals surface area (Å²) >= 11 is 0. The van der Waals surface area contributed by atoms with Gasteiger partial charge in [-0.05, 0) is 67.3 Å². The van der Waals surface area contributed by atoms with Crippen LogP contribution in [0.1, 0.15) is 56.0 Å². The Hall–Kier alpha value is -4.06. The molecule has 0 saturated carbocycles. The van der Waals surface area contributed by atoms with Gasteiger partial charge in [-0.2, -0.15) is 0 Å². The van der Waals surface area contributed by atoms with E-state index in [4.69, 9.17) is 9.47 Å². The number of aliphatic hydroxyl groups is 1. The second-order valence-corrected chi connectivity index (χ2v) is 10.2. The number of carbonyl (C=O) groups excluding carboxylic acids is 2. The highest BCUT2D eigenvalue weighted by atomic mass is 16.5. The monoisotopic (exact) mass is 499 g/mol. The number of aliphatic hydroxyl groups excluding tert-OH is 1. The van der Waals surface area contributed by atoms with Gasteiger partial charge in [0.05, 0.1) is 25.3 Å². The molecule has 37 heavy (non-hydrogen) atoms. The molecule has 0 bridgehead atoms. The molecule has 1 heterocycles. The van der Waals surface area contributed by atoms with Crippen molar-refractivity contribution >= 4 is 23.1 Å². The normalized spacial score (nSPS) is 17.2. The number of benzene rings is 3. The Morgan fingerprint density at radius 3 is 2.32 bits per heavy atom. The van der Waals surface area contributed by atoms with E-state index in [0.29, 0.717) is 34.9 Å². The van der Waals surface area contributed by atoms with Crippen LogP contribution >= 0.6 is 0 Å². The molecule has 1 N–H and O–H groups in total. The predicted octanol–water partition coefficient (Wildman–Crippen LogP) is 6.33. The lowest BCUT2D eigenvalue weighted by atomic mass is 9.84. The number of nitrogens with zero attached hydrogens (tertiary/aromatic N) is 1. The molecule has 6 nitrogen and oxygen atoms in total. The molecule has 1 saturated heterocycles. The summed E-state index contributed by atoms with van der Waals surface area (Å²) < 4.78 is 11.2. The van der Waals surface area contributed by atoms with E-state index >= 15 is 0 Å². The fraction of sp³-hybridized carbons (Fsp3) is 0.290. The summed E-state index contributed by atoms with van der Waals surface area (Å²) in [5.41, 5.74) is 3.34. The average molecular weight is 500 g/mol. The third-order valence-corrected chi connectivity index (χ3v) is 6.52. The molecule has 1 aliphatic heterocycles. The van der Waals surface area contributed by atoms with Gasteiger partial charge >= 0.3 is 0 Å². The Morgan fingerprint density at radius 2 is 1.70 bits per heavy atom. The van der Waals surface area contributed by atoms with Gasteiger partial charge in [0, 0.05) is 16.8 Å². The van der Waals surface area contributed by atoms with Gasteiger partial charge in [-0.3, -0.25) is 14.5 Å². The molecule has 0 aliphatic carbocycles. The number of hydrogen-bond donors (Lipinski definition) is 1. The van der Waals surface area contributed by atoms with Gasteiger partial charge in [-0.1, -0.05) is 50.6 Å². The van der Waals surface area contributed by atoms with E-state index < -0.39 is 17.7 Å². The number of anilines is 1. The van der Waals surface area contributed by atoms with Crippen LogP contribution in [0.4, 0.5) is 5.69 Å². The van der Waals surface area contributed by atoms with Gasteiger partial charge in [-0.25, -0.2) is 0 Å². The van der Waals surface area contributed by atoms with E-state index in [1.807, 2.05) is 89.2 Å². The first-order valence-electron chi connectivity index (χ1n) is 12.4. The van der Waals surface area contributed by atoms with Crippen molar-refractivity contribution in [1.29, 1.82) is 0 Å². The van der Waals surface area contributed by atoms with Gasteiger partial charge in [-0.15, -0.1) is 0 Å². The fourth-order valence-electron chi connectivity index (χ4n) is 4.66. The number of rotatable bonds is 6. The first-order chi connectivity index (χ1) is 17.6. The van der Waals surface area contributed by atoms with Crippen molar-refractivity contribution in [2.45, 2.75) is 46.1 Å². The maximum atomic E-state index is 13.5. The number of carbonyl (C=O) groups is 2. The average Bonchev–Trinajstić information content (AvgIpc) is 3.14. The number of Topliss-reactive ketones (excluding diaryl/α,β-unsaturated/α-hetero) is 1. The minimum Gasteiger partial charge on any atom is -0.507 e. The van der Waals surface area contributed by atoms with Gasteiger partial charge < -0.3 is 14.6 Å². The molecule has 0 spiro atoms. The lowest BCUT2D eigenvalue weighted by molar-refractivity contribution is -0.132. The van der Waals surface area contributed by atoms with Crippen LogP contribution in [0.5, 0.6) is 11.5 Å². The van der Waals surface area contributed by atoms with Gasteiger partial charge in [0.1, 0.15) is 17.3 Å². The minimum absolute atomic E-state index is 0.0317. The maximum Gasteiger partial charge on any atom is 0.300 e. The third-order valence-electron chi connectivity index (χ3n) is 6.52. The summed E-state index contributed by atoms with van der Waals surface area (Å²) in [6.45, 7) is 10.5. The molecule has 0 aromatic heterocycles. The molecular weight excluding hydrogens is 466 g/mol. The summed E-state index contributed by atoms with van der Waals surface area (Å²) in [4.78, 5) is 28.4. The molecule has 3 aromatic carbocycles. The van der Waals surface area contributed by atoms with Gasteiger partial charge in [0.2, 0.25) is 0 Å². The molecule has 4 rings (SSSR count). The van der Waals surface area contributed by atoms with Crippen molar-refractivity contribution in [3.8, 4) is 11.5 Å². The number of hydrogen-bond acceptors (Lipinski definition) is 5. The second-order valence-electron chi connectivity index (χ2n) is 10.2. The summed E-state index contributed by atoms with van der Waals surface area (Å²) in [6.07, 6.45) is 0. The van der Waals surface area contributed by atoms with Gasteiger partial charge in [0.25, 0.3) is 11.7 Å². The van der Waals surface area contributed by atoms with E-state index in [0.717, 1.165) is 11.1 Å². The smallest absolute Gasteiger partial charge is 0.300 e. The van der Waals surface area contributed by atoms with E-state index in [1.165, 1.54) is 4.90 Å². The van der Waals surface area contributed by atoms with Crippen LogP contribution in [0.2, 0.25) is 0 Å². The predicted molar refractivity (Wildman–Crippen MR) is 145 cm³/mol. The first kappa shape index (κ1) is 26.0. The highest BCUT2D eigenvalue weighted by Crippen LogP contribution is 2.43. The lowest BCUT2D eigenvalue weighted by Gasteiger charge is -2.26. The molecule has 6 heteroatoms. The summed E-state index contributed by atoms with van der Waals surface area (Å²) in [6, 6.07) is 19.2. The van der Waals surface area contributed by atoms with Crippen LogP contribution in [0.15, 0.2) is 72.3 Å². The Labute approximate surface area is 218 Å². The molecule has 0 radical (unpaired) electrons. The second kappa shape index (κ2) is 10.1. The zero-order valence-electron chi connectivity index (χ0n) is 22.2. The molecule has 1 aliphatic rings. The number of ketones is 1. The molecule has 3 aromatic rings. The first-order valence-corrected chi connectivity index (χ1v) is 12.4. The van der Waals surface area contributed by atoms with Crippen LogP contribution in [0, 0.1) is 6.92 Å². The highest BCUT2D eigenvalue weighted by Gasteiger charge is 2.47.